The average Bonchev–Trinajstić information content (AvgIpc) is 3.13. The van der Waals surface area contributed by atoms with E-state index in [1.54, 1.807) is 43.5 Å². The monoisotopic (exact) mass is 496 g/mol. The molecule has 0 aromatic heterocycles. The summed E-state index contributed by atoms with van der Waals surface area (Å²) < 4.78 is 16.4. The lowest BCUT2D eigenvalue weighted by Gasteiger charge is -2.28. The lowest BCUT2D eigenvalue weighted by Crippen LogP contribution is -2.38. The molecule has 1 aliphatic rings. The Morgan fingerprint density at radius 1 is 1.00 bits per heavy atom. The maximum absolute atomic E-state index is 13.4. The summed E-state index contributed by atoms with van der Waals surface area (Å²) in [5, 5.41) is 11.4. The minimum Gasteiger partial charge on any atom is -0.507 e. The molecule has 0 aliphatic carbocycles. The Hall–Kier alpha value is -3.52. The second kappa shape index (κ2) is 11.9. The Bertz CT molecular complexity index is 1140. The molecule has 8 nitrogen and oxygen atoms in total. The molecule has 36 heavy (non-hydrogen) atoms. The molecule has 0 bridgehead atoms. The standard InChI is InChI=1S/C28H36N2O6/c1-7-29(8-2)14-15-30-25(19-10-13-22(34-5)23(17-19)35-6)24(27(32)28(30)33)26(31)21-12-11-20(36-9-3)16-18(21)4/h10-13,16-17,25,31H,7-9,14-15H2,1-6H3/b26-24+. The molecular formula is C28H36N2O6. The van der Waals surface area contributed by atoms with Crippen molar-refractivity contribution in [3.8, 4) is 17.2 Å². The summed E-state index contributed by atoms with van der Waals surface area (Å²) in [4.78, 5) is 30.3. The summed E-state index contributed by atoms with van der Waals surface area (Å²) in [5.74, 6) is 0.124. The van der Waals surface area contributed by atoms with E-state index in [1.807, 2.05) is 13.8 Å². The summed E-state index contributed by atoms with van der Waals surface area (Å²) in [7, 11) is 3.07. The number of rotatable bonds is 11. The third-order valence-corrected chi connectivity index (χ3v) is 6.58. The number of aliphatic hydroxyl groups is 1. The maximum Gasteiger partial charge on any atom is 0.295 e. The molecule has 3 rings (SSSR count). The van der Waals surface area contributed by atoms with Gasteiger partial charge in [-0.25, -0.2) is 0 Å². The van der Waals surface area contributed by atoms with E-state index in [0.29, 0.717) is 48.1 Å². The number of aryl methyl sites for hydroxylation is 1. The molecule has 1 atom stereocenters. The summed E-state index contributed by atoms with van der Waals surface area (Å²) >= 11 is 0. The molecule has 194 valence electrons. The van der Waals surface area contributed by atoms with Crippen molar-refractivity contribution < 1.29 is 28.9 Å². The Morgan fingerprint density at radius 3 is 2.28 bits per heavy atom. The number of carbonyl (C=O) groups is 2. The number of benzene rings is 2. The number of likely N-dealkylation sites (tertiary alicyclic amines) is 1. The summed E-state index contributed by atoms with van der Waals surface area (Å²) in [6.45, 7) is 10.9. The van der Waals surface area contributed by atoms with Crippen LogP contribution in [0.1, 0.15) is 43.5 Å². The highest BCUT2D eigenvalue weighted by Crippen LogP contribution is 2.42. The zero-order chi connectivity index (χ0) is 26.4. The third kappa shape index (κ3) is 5.33. The van der Waals surface area contributed by atoms with E-state index in [4.69, 9.17) is 14.2 Å². The van der Waals surface area contributed by atoms with Gasteiger partial charge in [-0.1, -0.05) is 19.9 Å². The van der Waals surface area contributed by atoms with Crippen molar-refractivity contribution in [1.29, 1.82) is 0 Å². The molecule has 0 radical (unpaired) electrons. The van der Waals surface area contributed by atoms with Crippen molar-refractivity contribution in [3.05, 3.63) is 58.7 Å². The molecule has 1 unspecified atom stereocenters. The zero-order valence-electron chi connectivity index (χ0n) is 22.0. The Kier molecular flexibility index (Phi) is 8.98. The number of Topliss-reactive ketones (excluding diaryl/α,β-unsaturated/α-hetero) is 1. The van der Waals surface area contributed by atoms with E-state index in [9.17, 15) is 14.7 Å². The van der Waals surface area contributed by atoms with Crippen LogP contribution in [0.5, 0.6) is 17.2 Å². The number of hydrogen-bond acceptors (Lipinski definition) is 7. The first-order valence-electron chi connectivity index (χ1n) is 12.3. The van der Waals surface area contributed by atoms with Crippen LogP contribution in [0, 0.1) is 6.92 Å². The van der Waals surface area contributed by atoms with Crippen molar-refractivity contribution in [3.63, 3.8) is 0 Å². The summed E-state index contributed by atoms with van der Waals surface area (Å²) in [6, 6.07) is 9.77. The molecule has 1 heterocycles. The highest BCUT2D eigenvalue weighted by Gasteiger charge is 2.46. The van der Waals surface area contributed by atoms with Gasteiger partial charge in [0.2, 0.25) is 0 Å². The van der Waals surface area contributed by atoms with Gasteiger partial charge in [-0.3, -0.25) is 9.59 Å². The van der Waals surface area contributed by atoms with Crippen molar-refractivity contribution in [2.24, 2.45) is 0 Å². The zero-order valence-corrected chi connectivity index (χ0v) is 22.0. The van der Waals surface area contributed by atoms with Crippen molar-refractivity contribution in [2.75, 3.05) is 47.0 Å². The molecule has 0 saturated carbocycles. The fourth-order valence-electron chi connectivity index (χ4n) is 4.57. The number of nitrogens with zero attached hydrogens (tertiary/aromatic N) is 2. The first-order valence-corrected chi connectivity index (χ1v) is 12.3. The average molecular weight is 497 g/mol. The first kappa shape index (κ1) is 27.1. The molecule has 1 amide bonds. The van der Waals surface area contributed by atoms with Crippen LogP contribution in [-0.2, 0) is 9.59 Å². The van der Waals surface area contributed by atoms with Crippen LogP contribution in [-0.4, -0.2) is 73.6 Å². The van der Waals surface area contributed by atoms with Crippen LogP contribution in [0.3, 0.4) is 0 Å². The van der Waals surface area contributed by atoms with Gasteiger partial charge in [-0.05, 0) is 68.4 Å². The highest BCUT2D eigenvalue weighted by atomic mass is 16.5. The van der Waals surface area contributed by atoms with Gasteiger partial charge in [0.25, 0.3) is 11.7 Å². The summed E-state index contributed by atoms with van der Waals surface area (Å²) in [5.41, 5.74) is 1.92. The number of ether oxygens (including phenoxy) is 3. The van der Waals surface area contributed by atoms with Crippen LogP contribution >= 0.6 is 0 Å². The molecule has 0 spiro atoms. The third-order valence-electron chi connectivity index (χ3n) is 6.58. The number of amides is 1. The predicted octanol–water partition coefficient (Wildman–Crippen LogP) is 4.17. The van der Waals surface area contributed by atoms with Crippen molar-refractivity contribution in [1.82, 2.24) is 9.80 Å². The van der Waals surface area contributed by atoms with E-state index in [2.05, 4.69) is 18.7 Å². The maximum atomic E-state index is 13.4. The lowest BCUT2D eigenvalue weighted by atomic mass is 9.93. The van der Waals surface area contributed by atoms with E-state index in [1.165, 1.54) is 12.0 Å². The van der Waals surface area contributed by atoms with E-state index in [-0.39, 0.29) is 11.3 Å². The van der Waals surface area contributed by atoms with Gasteiger partial charge in [-0.2, -0.15) is 0 Å². The topological polar surface area (TPSA) is 88.5 Å². The Morgan fingerprint density at radius 2 is 1.69 bits per heavy atom. The van der Waals surface area contributed by atoms with Gasteiger partial charge in [0, 0.05) is 18.7 Å². The van der Waals surface area contributed by atoms with E-state index >= 15 is 0 Å². The van der Waals surface area contributed by atoms with Gasteiger partial charge in [0.05, 0.1) is 32.4 Å². The van der Waals surface area contributed by atoms with Crippen LogP contribution in [0.4, 0.5) is 0 Å². The van der Waals surface area contributed by atoms with Crippen LogP contribution in [0.25, 0.3) is 5.76 Å². The summed E-state index contributed by atoms with van der Waals surface area (Å²) in [6.07, 6.45) is 0. The van der Waals surface area contributed by atoms with E-state index in [0.717, 1.165) is 18.7 Å². The van der Waals surface area contributed by atoms with Crippen molar-refractivity contribution >= 4 is 17.4 Å². The second-order valence-electron chi connectivity index (χ2n) is 8.54. The lowest BCUT2D eigenvalue weighted by molar-refractivity contribution is -0.140. The van der Waals surface area contributed by atoms with Gasteiger partial charge in [0.1, 0.15) is 11.5 Å². The molecule has 2 aromatic carbocycles. The molecule has 2 aromatic rings. The van der Waals surface area contributed by atoms with Gasteiger partial charge < -0.3 is 29.1 Å². The number of carbonyl (C=O) groups excluding carboxylic acids is 2. The molecule has 1 aliphatic heterocycles. The normalized spacial score (nSPS) is 17.1. The first-order chi connectivity index (χ1) is 17.3. The predicted molar refractivity (Wildman–Crippen MR) is 139 cm³/mol. The number of aliphatic hydroxyl groups excluding tert-OH is 1. The minimum absolute atomic E-state index is 0.0547. The molecule has 8 heteroatoms. The molecule has 1 N–H and O–H groups in total. The van der Waals surface area contributed by atoms with E-state index < -0.39 is 17.7 Å². The van der Waals surface area contributed by atoms with Crippen LogP contribution < -0.4 is 14.2 Å². The smallest absolute Gasteiger partial charge is 0.295 e. The number of hydrogen-bond donors (Lipinski definition) is 1. The van der Waals surface area contributed by atoms with Crippen molar-refractivity contribution in [2.45, 2.75) is 33.7 Å². The van der Waals surface area contributed by atoms with Crippen LogP contribution in [0.15, 0.2) is 42.0 Å². The largest absolute Gasteiger partial charge is 0.507 e. The van der Waals surface area contributed by atoms with Gasteiger partial charge in [0.15, 0.2) is 11.5 Å². The number of ketones is 1. The molecule has 1 fully saturated rings. The number of likely N-dealkylation sites (N-methyl/N-ethyl adjacent to an activating group) is 1. The minimum atomic E-state index is -0.772. The SMILES string of the molecule is CCOc1ccc(/C(O)=C2\C(=O)C(=O)N(CCN(CC)CC)C2c2ccc(OC)c(OC)c2)c(C)c1. The molecule has 1 saturated heterocycles. The fraction of sp³-hybridized carbons (Fsp3) is 0.429. The fourth-order valence-corrected chi connectivity index (χ4v) is 4.57. The highest BCUT2D eigenvalue weighted by molar-refractivity contribution is 6.46. The molecular weight excluding hydrogens is 460 g/mol. The van der Waals surface area contributed by atoms with Gasteiger partial charge >= 0.3 is 0 Å². The Balaban J connectivity index is 2.16. The number of methoxy groups -OCH3 is 2. The van der Waals surface area contributed by atoms with Crippen LogP contribution in [0.2, 0.25) is 0 Å². The van der Waals surface area contributed by atoms with Gasteiger partial charge in [-0.15, -0.1) is 0 Å². The Labute approximate surface area is 213 Å². The second-order valence-corrected chi connectivity index (χ2v) is 8.54. The quantitative estimate of drug-likeness (QED) is 0.284.